The Labute approximate surface area is 160 Å². The van der Waals surface area contributed by atoms with E-state index in [1.165, 1.54) is 22.0 Å². The number of rotatable bonds is 6. The molecule has 0 spiro atoms. The quantitative estimate of drug-likeness (QED) is 0.380. The molecule has 0 aliphatic heterocycles. The van der Waals surface area contributed by atoms with Crippen molar-refractivity contribution < 1.29 is 4.74 Å². The van der Waals surface area contributed by atoms with E-state index < -0.39 is 0 Å². The van der Waals surface area contributed by atoms with Crippen LogP contribution in [-0.2, 0) is 0 Å². The van der Waals surface area contributed by atoms with Crippen molar-refractivity contribution in [3.63, 3.8) is 0 Å². The molecule has 0 radical (unpaired) electrons. The van der Waals surface area contributed by atoms with Crippen molar-refractivity contribution in [3.8, 4) is 17.1 Å². The van der Waals surface area contributed by atoms with E-state index in [1.54, 1.807) is 18.2 Å². The third-order valence-electron chi connectivity index (χ3n) is 3.44. The second-order valence-corrected chi connectivity index (χ2v) is 7.22. The molecule has 1 aromatic heterocycles. The van der Waals surface area contributed by atoms with Crippen LogP contribution in [0.25, 0.3) is 11.4 Å². The maximum Gasteiger partial charge on any atom is 0.210 e. The minimum absolute atomic E-state index is 0.478. The average molecular weight is 395 g/mol. The number of aromatic nitrogens is 3. The van der Waals surface area contributed by atoms with Gasteiger partial charge in [0, 0.05) is 16.3 Å². The van der Waals surface area contributed by atoms with E-state index in [4.69, 9.17) is 33.8 Å². The fourth-order valence-corrected chi connectivity index (χ4v) is 3.32. The molecule has 0 saturated heterocycles. The third kappa shape index (κ3) is 4.39. The zero-order valence-corrected chi connectivity index (χ0v) is 15.8. The number of halogens is 2. The van der Waals surface area contributed by atoms with E-state index in [9.17, 15) is 0 Å². The summed E-state index contributed by atoms with van der Waals surface area (Å²) < 4.78 is 7.11. The second kappa shape index (κ2) is 7.99. The Morgan fingerprint density at radius 3 is 2.60 bits per heavy atom. The Bertz CT molecular complexity index is 868. The molecule has 25 heavy (non-hydrogen) atoms. The van der Waals surface area contributed by atoms with Gasteiger partial charge >= 0.3 is 0 Å². The summed E-state index contributed by atoms with van der Waals surface area (Å²) in [6.07, 6.45) is 0. The smallest absolute Gasteiger partial charge is 0.210 e. The number of thioether (sulfide) groups is 1. The van der Waals surface area contributed by atoms with Gasteiger partial charge in [-0.3, -0.25) is 0 Å². The van der Waals surface area contributed by atoms with Gasteiger partial charge in [0.05, 0.1) is 11.6 Å². The van der Waals surface area contributed by atoms with Crippen LogP contribution >= 0.6 is 35.0 Å². The van der Waals surface area contributed by atoms with Crippen LogP contribution in [0.4, 0.5) is 0 Å². The van der Waals surface area contributed by atoms with Gasteiger partial charge in [0.15, 0.2) is 5.82 Å². The minimum Gasteiger partial charge on any atom is -0.493 e. The highest BCUT2D eigenvalue weighted by molar-refractivity contribution is 7.99. The Balaban J connectivity index is 1.60. The number of nitrogens with zero attached hydrogens (tertiary/aromatic N) is 3. The summed E-state index contributed by atoms with van der Waals surface area (Å²) in [4.78, 5) is 0. The largest absolute Gasteiger partial charge is 0.493 e. The summed E-state index contributed by atoms with van der Waals surface area (Å²) in [5, 5.41) is 9.86. The fourth-order valence-electron chi connectivity index (χ4n) is 2.16. The molecule has 130 valence electrons. The van der Waals surface area contributed by atoms with Crippen molar-refractivity contribution in [2.24, 2.45) is 0 Å². The summed E-state index contributed by atoms with van der Waals surface area (Å²) in [5.41, 5.74) is 1.88. The maximum atomic E-state index is 6.20. The van der Waals surface area contributed by atoms with Crippen LogP contribution in [0.1, 0.15) is 5.56 Å². The lowest BCUT2D eigenvalue weighted by molar-refractivity contribution is 0.344. The molecule has 5 nitrogen and oxygen atoms in total. The van der Waals surface area contributed by atoms with Gasteiger partial charge in [-0.25, -0.2) is 4.68 Å². The third-order valence-corrected chi connectivity index (χ3v) is 4.90. The first-order valence-corrected chi connectivity index (χ1v) is 9.27. The molecular weight excluding hydrogens is 379 g/mol. The lowest BCUT2D eigenvalue weighted by atomic mass is 10.2. The zero-order chi connectivity index (χ0) is 17.8. The number of benzene rings is 2. The van der Waals surface area contributed by atoms with E-state index in [-0.39, 0.29) is 0 Å². The van der Waals surface area contributed by atoms with Crippen molar-refractivity contribution in [1.29, 1.82) is 0 Å². The van der Waals surface area contributed by atoms with Gasteiger partial charge in [-0.1, -0.05) is 52.7 Å². The van der Waals surface area contributed by atoms with Crippen LogP contribution in [0, 0.1) is 6.92 Å². The normalized spacial score (nSPS) is 10.8. The number of nitrogen functional groups attached to an aromatic ring is 1. The van der Waals surface area contributed by atoms with Crippen LogP contribution in [0.2, 0.25) is 10.0 Å². The molecule has 0 fully saturated rings. The summed E-state index contributed by atoms with van der Waals surface area (Å²) in [6, 6.07) is 13.1. The predicted molar refractivity (Wildman–Crippen MR) is 103 cm³/mol. The number of nitrogens with two attached hydrogens (primary N) is 1. The summed E-state index contributed by atoms with van der Waals surface area (Å²) in [5.74, 6) is 8.11. The highest BCUT2D eigenvalue weighted by Gasteiger charge is 2.15. The fraction of sp³-hybridized carbons (Fsp3) is 0.176. The van der Waals surface area contributed by atoms with E-state index in [2.05, 4.69) is 10.2 Å². The molecule has 2 aromatic carbocycles. The van der Waals surface area contributed by atoms with Crippen LogP contribution in [0.3, 0.4) is 0 Å². The molecular formula is C17H16Cl2N4OS. The minimum atomic E-state index is 0.478. The molecule has 0 atom stereocenters. The molecule has 0 aliphatic rings. The summed E-state index contributed by atoms with van der Waals surface area (Å²) in [6.45, 7) is 2.58. The van der Waals surface area contributed by atoms with Crippen LogP contribution < -0.4 is 10.6 Å². The average Bonchev–Trinajstić information content (AvgIpc) is 2.94. The summed E-state index contributed by atoms with van der Waals surface area (Å²) in [7, 11) is 0. The van der Waals surface area contributed by atoms with Gasteiger partial charge < -0.3 is 10.6 Å². The van der Waals surface area contributed by atoms with Crippen molar-refractivity contribution in [2.45, 2.75) is 12.1 Å². The van der Waals surface area contributed by atoms with Gasteiger partial charge in [0.2, 0.25) is 5.16 Å². The van der Waals surface area contributed by atoms with Crippen molar-refractivity contribution >= 4 is 35.0 Å². The molecule has 3 rings (SSSR count). The Kier molecular flexibility index (Phi) is 5.73. The number of hydrogen-bond acceptors (Lipinski definition) is 5. The number of hydrogen-bond donors (Lipinski definition) is 1. The number of ether oxygens (including phenoxy) is 1. The standard InChI is InChI=1S/C17H16Cl2N4OS/c1-11-2-5-13(6-3-11)24-8-9-25-17-22-21-16(23(17)20)14-7-4-12(18)10-15(14)19/h2-7,10H,8-9,20H2,1H3. The van der Waals surface area contributed by atoms with Gasteiger partial charge in [-0.05, 0) is 37.3 Å². The highest BCUT2D eigenvalue weighted by Crippen LogP contribution is 2.30. The monoisotopic (exact) mass is 394 g/mol. The molecule has 3 aromatic rings. The van der Waals surface area contributed by atoms with Crippen molar-refractivity contribution in [2.75, 3.05) is 18.2 Å². The van der Waals surface area contributed by atoms with E-state index in [0.717, 1.165) is 5.75 Å². The zero-order valence-electron chi connectivity index (χ0n) is 13.4. The first-order chi connectivity index (χ1) is 12.0. The van der Waals surface area contributed by atoms with Gasteiger partial charge in [-0.2, -0.15) is 0 Å². The molecule has 0 saturated carbocycles. The molecule has 1 heterocycles. The van der Waals surface area contributed by atoms with Crippen molar-refractivity contribution in [3.05, 3.63) is 58.1 Å². The van der Waals surface area contributed by atoms with Gasteiger partial charge in [-0.15, -0.1) is 10.2 Å². The first kappa shape index (κ1) is 17.9. The van der Waals surface area contributed by atoms with Crippen LogP contribution in [0.15, 0.2) is 47.6 Å². The van der Waals surface area contributed by atoms with Gasteiger partial charge in [0.25, 0.3) is 0 Å². The lowest BCUT2D eigenvalue weighted by Gasteiger charge is -2.07. The van der Waals surface area contributed by atoms with Crippen molar-refractivity contribution in [1.82, 2.24) is 14.9 Å². The van der Waals surface area contributed by atoms with Crippen LogP contribution in [0.5, 0.6) is 5.75 Å². The Morgan fingerprint density at radius 2 is 1.88 bits per heavy atom. The topological polar surface area (TPSA) is 66.0 Å². The lowest BCUT2D eigenvalue weighted by Crippen LogP contribution is -2.12. The molecule has 2 N–H and O–H groups in total. The predicted octanol–water partition coefficient (Wildman–Crippen LogP) is 4.45. The van der Waals surface area contributed by atoms with E-state index in [0.29, 0.717) is 38.9 Å². The van der Waals surface area contributed by atoms with E-state index in [1.807, 2.05) is 31.2 Å². The molecule has 0 bridgehead atoms. The SMILES string of the molecule is Cc1ccc(OCCSc2nnc(-c3ccc(Cl)cc3Cl)n2N)cc1. The number of aryl methyl sites for hydroxylation is 1. The summed E-state index contributed by atoms with van der Waals surface area (Å²) >= 11 is 13.6. The molecule has 8 heteroatoms. The molecule has 0 unspecified atom stereocenters. The second-order valence-electron chi connectivity index (χ2n) is 5.31. The Hall–Kier alpha value is -1.89. The first-order valence-electron chi connectivity index (χ1n) is 7.53. The highest BCUT2D eigenvalue weighted by atomic mass is 35.5. The Morgan fingerprint density at radius 1 is 1.12 bits per heavy atom. The van der Waals surface area contributed by atoms with E-state index >= 15 is 0 Å². The maximum absolute atomic E-state index is 6.20. The van der Waals surface area contributed by atoms with Gasteiger partial charge in [0.1, 0.15) is 5.75 Å². The molecule has 0 amide bonds. The van der Waals surface area contributed by atoms with Crippen LogP contribution in [-0.4, -0.2) is 27.2 Å². The molecule has 0 aliphatic carbocycles.